The Hall–Kier alpha value is -2.82. The van der Waals surface area contributed by atoms with Crippen molar-refractivity contribution >= 4 is 11.7 Å². The second-order valence-electron chi connectivity index (χ2n) is 4.53. The molecule has 0 saturated heterocycles. The van der Waals surface area contributed by atoms with Crippen LogP contribution in [0.15, 0.2) is 53.7 Å². The Morgan fingerprint density at radius 2 is 1.68 bits per heavy atom. The average molecular weight is 299 g/mol. The molecule has 114 valence electrons. The van der Waals surface area contributed by atoms with E-state index >= 15 is 0 Å². The van der Waals surface area contributed by atoms with E-state index in [-0.39, 0.29) is 5.71 Å². The van der Waals surface area contributed by atoms with Gasteiger partial charge in [-0.05, 0) is 31.2 Å². The van der Waals surface area contributed by atoms with Gasteiger partial charge in [0.05, 0.1) is 12.7 Å². The molecule has 5 nitrogen and oxygen atoms in total. The van der Waals surface area contributed by atoms with E-state index in [1.165, 1.54) is 14.2 Å². The predicted octanol–water partition coefficient (Wildman–Crippen LogP) is 3.31. The summed E-state index contributed by atoms with van der Waals surface area (Å²) in [6, 6.07) is 14.7. The number of benzene rings is 2. The van der Waals surface area contributed by atoms with E-state index in [1.807, 2.05) is 37.3 Å². The standard InChI is InChI=1S/C17H17NO4/c1-12-8-10-13(11-9-12)22-15-7-5-4-6-14(15)16(18-21-3)17(19)20-2/h4-11H,1-3H3/b18-16+. The first kappa shape index (κ1) is 15.6. The van der Waals surface area contributed by atoms with Crippen LogP contribution in [0.4, 0.5) is 0 Å². The zero-order chi connectivity index (χ0) is 15.9. The van der Waals surface area contributed by atoms with Crippen molar-refractivity contribution in [2.45, 2.75) is 6.92 Å². The maximum atomic E-state index is 11.9. The van der Waals surface area contributed by atoms with Crippen LogP contribution in [-0.2, 0) is 14.4 Å². The van der Waals surface area contributed by atoms with Gasteiger partial charge in [-0.3, -0.25) is 0 Å². The number of esters is 1. The Bertz CT molecular complexity index is 677. The number of para-hydroxylation sites is 1. The minimum Gasteiger partial charge on any atom is -0.464 e. The summed E-state index contributed by atoms with van der Waals surface area (Å²) in [5, 5.41) is 3.74. The van der Waals surface area contributed by atoms with Crippen molar-refractivity contribution < 1.29 is 19.1 Å². The van der Waals surface area contributed by atoms with Crippen molar-refractivity contribution in [3.8, 4) is 11.5 Å². The van der Waals surface area contributed by atoms with E-state index in [2.05, 4.69) is 5.16 Å². The monoisotopic (exact) mass is 299 g/mol. The zero-order valence-electron chi connectivity index (χ0n) is 12.7. The lowest BCUT2D eigenvalue weighted by Crippen LogP contribution is -2.18. The summed E-state index contributed by atoms with van der Waals surface area (Å²) in [5.41, 5.74) is 1.68. The van der Waals surface area contributed by atoms with Gasteiger partial charge in [0.25, 0.3) is 0 Å². The van der Waals surface area contributed by atoms with Crippen LogP contribution in [0, 0.1) is 6.92 Å². The van der Waals surface area contributed by atoms with Crippen LogP contribution < -0.4 is 4.74 Å². The zero-order valence-corrected chi connectivity index (χ0v) is 12.7. The highest BCUT2D eigenvalue weighted by atomic mass is 16.6. The maximum absolute atomic E-state index is 11.9. The third-order valence-corrected chi connectivity index (χ3v) is 2.95. The van der Waals surface area contributed by atoms with E-state index < -0.39 is 5.97 Å². The fraction of sp³-hybridized carbons (Fsp3) is 0.176. The molecule has 0 N–H and O–H groups in total. The molecule has 0 aromatic heterocycles. The van der Waals surface area contributed by atoms with Crippen molar-refractivity contribution in [2.75, 3.05) is 14.2 Å². The number of oxime groups is 1. The van der Waals surface area contributed by atoms with Crippen molar-refractivity contribution in [3.05, 3.63) is 59.7 Å². The number of methoxy groups -OCH3 is 1. The fourth-order valence-corrected chi connectivity index (χ4v) is 1.87. The third-order valence-electron chi connectivity index (χ3n) is 2.95. The number of carbonyl (C=O) groups excluding carboxylic acids is 1. The Labute approximate surface area is 129 Å². The van der Waals surface area contributed by atoms with Crippen molar-refractivity contribution in [1.82, 2.24) is 0 Å². The smallest absolute Gasteiger partial charge is 0.360 e. The summed E-state index contributed by atoms with van der Waals surface area (Å²) >= 11 is 0. The van der Waals surface area contributed by atoms with Crippen LogP contribution >= 0.6 is 0 Å². The lowest BCUT2D eigenvalue weighted by Gasteiger charge is -2.11. The average Bonchev–Trinajstić information content (AvgIpc) is 2.55. The van der Waals surface area contributed by atoms with Crippen LogP contribution in [0.2, 0.25) is 0 Å². The first-order valence-electron chi connectivity index (χ1n) is 6.69. The molecule has 2 aromatic carbocycles. The minimum absolute atomic E-state index is 0.0488. The highest BCUT2D eigenvalue weighted by molar-refractivity contribution is 6.43. The molecule has 5 heteroatoms. The number of nitrogens with zero attached hydrogens (tertiary/aromatic N) is 1. The number of aryl methyl sites for hydroxylation is 1. The lowest BCUT2D eigenvalue weighted by atomic mass is 10.1. The van der Waals surface area contributed by atoms with Gasteiger partial charge < -0.3 is 14.3 Å². The summed E-state index contributed by atoms with van der Waals surface area (Å²) in [4.78, 5) is 16.6. The van der Waals surface area contributed by atoms with Gasteiger partial charge in [0, 0.05) is 0 Å². The highest BCUT2D eigenvalue weighted by Gasteiger charge is 2.20. The molecule has 0 unspecified atom stereocenters. The van der Waals surface area contributed by atoms with Gasteiger partial charge in [-0.2, -0.15) is 0 Å². The maximum Gasteiger partial charge on any atom is 0.360 e. The van der Waals surface area contributed by atoms with Crippen LogP contribution in [0.5, 0.6) is 11.5 Å². The summed E-state index contributed by atoms with van der Waals surface area (Å²) in [6.07, 6.45) is 0. The number of ether oxygens (including phenoxy) is 2. The van der Waals surface area contributed by atoms with Crippen molar-refractivity contribution in [2.24, 2.45) is 5.16 Å². The molecule has 0 atom stereocenters. The normalized spacial score (nSPS) is 11.0. The van der Waals surface area contributed by atoms with E-state index in [9.17, 15) is 4.79 Å². The first-order valence-corrected chi connectivity index (χ1v) is 6.69. The highest BCUT2D eigenvalue weighted by Crippen LogP contribution is 2.26. The van der Waals surface area contributed by atoms with Gasteiger partial charge in [-0.25, -0.2) is 4.79 Å². The molecule has 0 heterocycles. The number of hydrogen-bond donors (Lipinski definition) is 0. The Balaban J connectivity index is 2.39. The predicted molar refractivity (Wildman–Crippen MR) is 83.3 cm³/mol. The summed E-state index contributed by atoms with van der Waals surface area (Å²) in [7, 11) is 2.66. The van der Waals surface area contributed by atoms with Crippen LogP contribution in [-0.4, -0.2) is 25.9 Å². The van der Waals surface area contributed by atoms with Crippen LogP contribution in [0.1, 0.15) is 11.1 Å². The van der Waals surface area contributed by atoms with E-state index in [0.29, 0.717) is 17.1 Å². The molecule has 0 spiro atoms. The summed E-state index contributed by atoms with van der Waals surface area (Å²) < 4.78 is 10.6. The molecule has 0 fully saturated rings. The van der Waals surface area contributed by atoms with Crippen LogP contribution in [0.25, 0.3) is 0 Å². The summed E-state index contributed by atoms with van der Waals surface area (Å²) in [6.45, 7) is 2.00. The van der Waals surface area contributed by atoms with Crippen LogP contribution in [0.3, 0.4) is 0 Å². The molecule has 0 aliphatic rings. The Morgan fingerprint density at radius 3 is 2.32 bits per heavy atom. The number of rotatable bonds is 5. The largest absolute Gasteiger partial charge is 0.464 e. The SMILES string of the molecule is CO/N=C(/C(=O)OC)c1ccccc1Oc1ccc(C)cc1. The topological polar surface area (TPSA) is 57.1 Å². The van der Waals surface area contributed by atoms with Gasteiger partial charge in [-0.1, -0.05) is 35.0 Å². The fourth-order valence-electron chi connectivity index (χ4n) is 1.87. The quantitative estimate of drug-likeness (QED) is 0.483. The molecule has 0 saturated carbocycles. The van der Waals surface area contributed by atoms with Gasteiger partial charge in [-0.15, -0.1) is 0 Å². The lowest BCUT2D eigenvalue weighted by molar-refractivity contribution is -0.132. The first-order chi connectivity index (χ1) is 10.7. The molecule has 0 radical (unpaired) electrons. The second-order valence-corrected chi connectivity index (χ2v) is 4.53. The number of carbonyl (C=O) groups is 1. The molecule has 0 aliphatic heterocycles. The third kappa shape index (κ3) is 3.63. The van der Waals surface area contributed by atoms with Gasteiger partial charge >= 0.3 is 5.97 Å². The van der Waals surface area contributed by atoms with E-state index in [1.54, 1.807) is 18.2 Å². The van der Waals surface area contributed by atoms with Gasteiger partial charge in [0.2, 0.25) is 0 Å². The molecule has 22 heavy (non-hydrogen) atoms. The molecule has 0 aliphatic carbocycles. The minimum atomic E-state index is -0.596. The van der Waals surface area contributed by atoms with E-state index in [0.717, 1.165) is 5.56 Å². The molecule has 0 bridgehead atoms. The molecule has 2 aromatic rings. The molecular formula is C17H17NO4. The van der Waals surface area contributed by atoms with Crippen molar-refractivity contribution in [1.29, 1.82) is 0 Å². The molecular weight excluding hydrogens is 282 g/mol. The van der Waals surface area contributed by atoms with Crippen molar-refractivity contribution in [3.63, 3.8) is 0 Å². The van der Waals surface area contributed by atoms with Gasteiger partial charge in [0.1, 0.15) is 18.6 Å². The molecule has 0 amide bonds. The Kier molecular flexibility index (Phi) is 5.14. The second kappa shape index (κ2) is 7.26. The Morgan fingerprint density at radius 1 is 1.00 bits per heavy atom. The summed E-state index contributed by atoms with van der Waals surface area (Å²) in [5.74, 6) is 0.564. The molecule has 2 rings (SSSR count). The number of hydrogen-bond acceptors (Lipinski definition) is 5. The van der Waals surface area contributed by atoms with Gasteiger partial charge in [0.15, 0.2) is 5.71 Å². The van der Waals surface area contributed by atoms with E-state index in [4.69, 9.17) is 14.3 Å².